The zero-order chi connectivity index (χ0) is 40.5. The quantitative estimate of drug-likeness (QED) is 0.135. The number of pyridine rings is 1. The normalized spacial score (nSPS) is 11.5. The highest BCUT2D eigenvalue weighted by molar-refractivity contribution is 5.89. The Morgan fingerprint density at radius 3 is 0.967 bits per heavy atom. The number of nitrogens with zero attached hydrogens (tertiary/aromatic N) is 1. The van der Waals surface area contributed by atoms with Crippen molar-refractivity contribution in [1.82, 2.24) is 0 Å². The molecule has 0 atom stereocenters. The Morgan fingerprint density at radius 1 is 0.230 bits per heavy atom. The number of rotatable bonds is 8. The highest BCUT2D eigenvalue weighted by atomic mass is 15.0. The van der Waals surface area contributed by atoms with E-state index in [0.717, 1.165) is 6.54 Å². The van der Waals surface area contributed by atoms with Crippen molar-refractivity contribution in [2.75, 3.05) is 0 Å². The van der Waals surface area contributed by atoms with E-state index in [4.69, 9.17) is 0 Å². The number of hydrogen-bond acceptors (Lipinski definition) is 0. The van der Waals surface area contributed by atoms with Gasteiger partial charge in [0.2, 0.25) is 5.69 Å². The number of benzene rings is 9. The van der Waals surface area contributed by atoms with E-state index in [-0.39, 0.29) is 0 Å². The lowest BCUT2D eigenvalue weighted by molar-refractivity contribution is -0.672. The van der Waals surface area contributed by atoms with Crippen molar-refractivity contribution in [3.05, 3.63) is 248 Å². The summed E-state index contributed by atoms with van der Waals surface area (Å²) in [5.74, 6) is 0. The molecule has 0 N–H and O–H groups in total. The zero-order valence-electron chi connectivity index (χ0n) is 33.7. The van der Waals surface area contributed by atoms with Crippen LogP contribution in [0.3, 0.4) is 0 Å². The van der Waals surface area contributed by atoms with Gasteiger partial charge in [-0.3, -0.25) is 0 Å². The maximum atomic E-state index is 2.39. The van der Waals surface area contributed by atoms with Crippen molar-refractivity contribution >= 4 is 0 Å². The minimum Gasteiger partial charge on any atom is -0.194 e. The third-order valence-corrected chi connectivity index (χ3v) is 12.1. The van der Waals surface area contributed by atoms with E-state index in [9.17, 15) is 0 Å². The van der Waals surface area contributed by atoms with E-state index in [1.165, 1.54) is 106 Å². The molecule has 61 heavy (non-hydrogen) atoms. The summed E-state index contributed by atoms with van der Waals surface area (Å²) in [6.07, 6.45) is 2.18. The Morgan fingerprint density at radius 2 is 0.541 bits per heavy atom. The van der Waals surface area contributed by atoms with Crippen molar-refractivity contribution in [3.63, 3.8) is 0 Å². The van der Waals surface area contributed by atoms with Gasteiger partial charge < -0.3 is 0 Å². The molecule has 0 fully saturated rings. The lowest BCUT2D eigenvalue weighted by atomic mass is 9.88. The second-order valence-electron chi connectivity index (χ2n) is 16.0. The van der Waals surface area contributed by atoms with Crippen LogP contribution in [-0.4, -0.2) is 0 Å². The Hall–Kier alpha value is -7.87. The molecule has 0 spiro atoms. The van der Waals surface area contributed by atoms with Crippen molar-refractivity contribution in [2.45, 2.75) is 6.54 Å². The Labute approximate surface area is 358 Å². The summed E-state index contributed by atoms with van der Waals surface area (Å²) in [7, 11) is 0. The molecule has 1 aromatic heterocycles. The summed E-state index contributed by atoms with van der Waals surface area (Å²) >= 11 is 0. The summed E-state index contributed by atoms with van der Waals surface area (Å²) in [5.41, 5.74) is 23.0. The van der Waals surface area contributed by atoms with Gasteiger partial charge in [-0.2, -0.15) is 4.57 Å². The van der Waals surface area contributed by atoms with E-state index in [1.54, 1.807) is 0 Å². The molecular weight excluding hydrogens is 735 g/mol. The van der Waals surface area contributed by atoms with Gasteiger partial charge in [-0.15, -0.1) is 0 Å². The van der Waals surface area contributed by atoms with Gasteiger partial charge in [-0.1, -0.05) is 152 Å². The summed E-state index contributed by atoms with van der Waals surface area (Å²) in [4.78, 5) is 0. The fraction of sp³-hybridized carbons (Fsp3) is 0.0167. The first kappa shape index (κ1) is 36.2. The van der Waals surface area contributed by atoms with Crippen LogP contribution in [0.15, 0.2) is 243 Å². The number of fused-ring (bicyclic) bond motifs is 3. The van der Waals surface area contributed by atoms with E-state index < -0.39 is 0 Å². The van der Waals surface area contributed by atoms with Crippen molar-refractivity contribution in [1.29, 1.82) is 0 Å². The minimum absolute atomic E-state index is 0.913. The van der Waals surface area contributed by atoms with Crippen LogP contribution in [0.1, 0.15) is 5.56 Å². The molecule has 1 aliphatic heterocycles. The molecule has 0 saturated carbocycles. The molecule has 0 amide bonds. The molecule has 11 rings (SSSR count). The summed E-state index contributed by atoms with van der Waals surface area (Å²) in [5, 5.41) is 0. The highest BCUT2D eigenvalue weighted by Crippen LogP contribution is 2.41. The van der Waals surface area contributed by atoms with E-state index in [1.807, 2.05) is 0 Å². The zero-order valence-corrected chi connectivity index (χ0v) is 33.7. The standard InChI is InChI=1S/C60H42N/c1-5-16-42(17-6-1)50-31-51(43-18-7-2-8-19-43)34-55(33-50)57-37-54(47-25-15-24-46(30-47)48-27-28-49-41-61-29-14-13-26-60(61)59(49)40-48)38-58(39-57)56-35-52(44-20-9-3-10-21-44)32-53(36-56)45-22-11-4-12-23-45/h1-40H,41H2/q+1. The molecule has 1 aliphatic rings. The Balaban J connectivity index is 1.11. The van der Waals surface area contributed by atoms with Crippen LogP contribution in [0.4, 0.5) is 0 Å². The molecule has 0 radical (unpaired) electrons. The second kappa shape index (κ2) is 15.7. The van der Waals surface area contributed by atoms with Crippen LogP contribution in [0, 0.1) is 0 Å². The average molecular weight is 777 g/mol. The second-order valence-corrected chi connectivity index (χ2v) is 16.0. The van der Waals surface area contributed by atoms with Gasteiger partial charge in [0.25, 0.3) is 0 Å². The van der Waals surface area contributed by atoms with Gasteiger partial charge in [-0.05, 0) is 162 Å². The molecular formula is C60H42N+. The summed E-state index contributed by atoms with van der Waals surface area (Å²) in [6.45, 7) is 0.913. The van der Waals surface area contributed by atoms with Crippen LogP contribution in [0.25, 0.3) is 100 Å². The largest absolute Gasteiger partial charge is 0.213 e. The van der Waals surface area contributed by atoms with Crippen molar-refractivity contribution < 1.29 is 4.57 Å². The SMILES string of the molecule is c1ccc(-c2cc(-c3ccccc3)cc(-c3cc(-c4cccc(-c5ccc6c(c5)-c5cccc[n+]5C6)c4)cc(-c4cc(-c5ccccc5)cc(-c5ccccc5)c4)c3)c2)cc1. The van der Waals surface area contributed by atoms with Crippen LogP contribution >= 0.6 is 0 Å². The van der Waals surface area contributed by atoms with E-state index in [2.05, 4.69) is 247 Å². The first-order valence-electron chi connectivity index (χ1n) is 21.1. The highest BCUT2D eigenvalue weighted by Gasteiger charge is 2.25. The van der Waals surface area contributed by atoms with Crippen LogP contribution < -0.4 is 4.57 Å². The third-order valence-electron chi connectivity index (χ3n) is 12.1. The fourth-order valence-corrected chi connectivity index (χ4v) is 8.96. The van der Waals surface area contributed by atoms with Gasteiger partial charge in [-0.25, -0.2) is 0 Å². The minimum atomic E-state index is 0.913. The molecule has 1 nitrogen and oxygen atoms in total. The molecule has 0 aliphatic carbocycles. The first-order chi connectivity index (χ1) is 30.2. The van der Waals surface area contributed by atoms with Gasteiger partial charge in [0.15, 0.2) is 12.7 Å². The van der Waals surface area contributed by atoms with Gasteiger partial charge in [0, 0.05) is 17.7 Å². The van der Waals surface area contributed by atoms with Crippen LogP contribution in [0.5, 0.6) is 0 Å². The molecule has 9 aromatic carbocycles. The number of aromatic nitrogens is 1. The van der Waals surface area contributed by atoms with E-state index in [0.29, 0.717) is 0 Å². The third kappa shape index (κ3) is 7.28. The molecule has 0 saturated heterocycles. The average Bonchev–Trinajstić information content (AvgIpc) is 3.73. The molecule has 0 unspecified atom stereocenters. The van der Waals surface area contributed by atoms with E-state index >= 15 is 0 Å². The van der Waals surface area contributed by atoms with Gasteiger partial charge >= 0.3 is 0 Å². The lowest BCUT2D eigenvalue weighted by Crippen LogP contribution is -2.31. The fourth-order valence-electron chi connectivity index (χ4n) is 8.96. The summed E-state index contributed by atoms with van der Waals surface area (Å²) < 4.78 is 2.34. The monoisotopic (exact) mass is 776 g/mol. The molecule has 2 heterocycles. The molecule has 10 aromatic rings. The summed E-state index contributed by atoms with van der Waals surface area (Å²) in [6, 6.07) is 86.7. The lowest BCUT2D eigenvalue weighted by Gasteiger charge is -2.16. The smallest absolute Gasteiger partial charge is 0.194 e. The van der Waals surface area contributed by atoms with Gasteiger partial charge in [0.1, 0.15) is 0 Å². The first-order valence-corrected chi connectivity index (χ1v) is 21.1. The molecule has 286 valence electrons. The predicted octanol–water partition coefficient (Wildman–Crippen LogP) is 15.3. The van der Waals surface area contributed by atoms with Crippen molar-refractivity contribution in [3.8, 4) is 100 Å². The maximum Gasteiger partial charge on any atom is 0.213 e. The Bertz CT molecular complexity index is 2930. The van der Waals surface area contributed by atoms with Crippen LogP contribution in [0.2, 0.25) is 0 Å². The Kier molecular flexibility index (Phi) is 9.33. The molecule has 0 bridgehead atoms. The molecule has 1 heteroatoms. The van der Waals surface area contributed by atoms with Crippen LogP contribution in [-0.2, 0) is 6.54 Å². The number of hydrogen-bond donors (Lipinski definition) is 0. The van der Waals surface area contributed by atoms with Gasteiger partial charge in [0.05, 0.1) is 5.56 Å². The topological polar surface area (TPSA) is 3.88 Å². The van der Waals surface area contributed by atoms with Crippen molar-refractivity contribution in [2.24, 2.45) is 0 Å². The maximum absolute atomic E-state index is 2.39. The predicted molar refractivity (Wildman–Crippen MR) is 255 cm³/mol.